The zero-order valence-electron chi connectivity index (χ0n) is 19.2. The highest BCUT2D eigenvalue weighted by molar-refractivity contribution is 6.00. The molecule has 31 heavy (non-hydrogen) atoms. The summed E-state index contributed by atoms with van der Waals surface area (Å²) < 4.78 is 17.2. The van der Waals surface area contributed by atoms with E-state index in [0.717, 1.165) is 11.1 Å². The van der Waals surface area contributed by atoms with Crippen molar-refractivity contribution in [2.24, 2.45) is 23.2 Å². The van der Waals surface area contributed by atoms with E-state index in [1.54, 1.807) is 27.7 Å². The molecule has 1 N–H and O–H groups in total. The summed E-state index contributed by atoms with van der Waals surface area (Å²) in [6, 6.07) is 0. The van der Waals surface area contributed by atoms with Crippen molar-refractivity contribution in [1.29, 1.82) is 0 Å². The second-order valence-corrected chi connectivity index (χ2v) is 9.67. The van der Waals surface area contributed by atoms with E-state index in [4.69, 9.17) is 13.9 Å². The first-order chi connectivity index (χ1) is 14.4. The first kappa shape index (κ1) is 23.3. The van der Waals surface area contributed by atoms with Crippen LogP contribution in [-0.2, 0) is 19.1 Å². The van der Waals surface area contributed by atoms with Crippen LogP contribution in [0.15, 0.2) is 22.3 Å². The fourth-order valence-corrected chi connectivity index (χ4v) is 4.90. The highest BCUT2D eigenvalue weighted by atomic mass is 16.6. The summed E-state index contributed by atoms with van der Waals surface area (Å²) in [5.74, 6) is -2.71. The number of carbonyl (C=O) groups excluding carboxylic acids is 3. The quantitative estimate of drug-likeness (QED) is 0.568. The maximum atomic E-state index is 13.6. The molecule has 0 spiro atoms. The van der Waals surface area contributed by atoms with Crippen molar-refractivity contribution >= 4 is 17.7 Å². The molecule has 7 nitrogen and oxygen atoms in total. The molecule has 6 atom stereocenters. The van der Waals surface area contributed by atoms with Gasteiger partial charge in [-0.05, 0) is 38.7 Å². The van der Waals surface area contributed by atoms with E-state index in [2.05, 4.69) is 0 Å². The molecule has 1 aromatic heterocycles. The van der Waals surface area contributed by atoms with E-state index in [9.17, 15) is 19.5 Å². The van der Waals surface area contributed by atoms with Gasteiger partial charge in [-0.2, -0.15) is 0 Å². The van der Waals surface area contributed by atoms with Crippen LogP contribution in [0.2, 0.25) is 0 Å². The number of hydrogen-bond acceptors (Lipinski definition) is 7. The minimum absolute atomic E-state index is 0.103. The molecule has 1 heterocycles. The Hall–Kier alpha value is -2.41. The van der Waals surface area contributed by atoms with Crippen LogP contribution in [0.4, 0.5) is 0 Å². The summed E-state index contributed by atoms with van der Waals surface area (Å²) in [5.41, 5.74) is 1.14. The Balaban J connectivity index is 2.15. The van der Waals surface area contributed by atoms with Gasteiger partial charge < -0.3 is 19.0 Å². The number of hydrogen-bond donors (Lipinski definition) is 1. The number of aryl methyl sites for hydroxylation is 1. The Kier molecular flexibility index (Phi) is 6.20. The molecule has 0 aromatic carbocycles. The number of carbonyl (C=O) groups is 3. The van der Waals surface area contributed by atoms with Gasteiger partial charge in [-0.15, -0.1) is 0 Å². The lowest BCUT2D eigenvalue weighted by molar-refractivity contribution is -0.196. The largest absolute Gasteiger partial charge is 0.460 e. The zero-order chi connectivity index (χ0) is 23.2. The van der Waals surface area contributed by atoms with Crippen LogP contribution < -0.4 is 0 Å². The van der Waals surface area contributed by atoms with Gasteiger partial charge in [-0.25, -0.2) is 4.79 Å². The smallest absolute Gasteiger partial charge is 0.331 e. The number of furan rings is 1. The van der Waals surface area contributed by atoms with Crippen molar-refractivity contribution in [2.45, 2.75) is 73.2 Å². The molecule has 1 saturated carbocycles. The van der Waals surface area contributed by atoms with Crippen molar-refractivity contribution in [3.63, 3.8) is 0 Å². The number of ether oxygens (including phenoxy) is 2. The standard InChI is InChI=1S/C24H32O7/c1-11(2)8-16(26)30-20-15(25)9-14(6)24(7)18(20)19(27)21-17(13(5)10-29-21)22(24)31-23(28)12(3)4/h8,10,12,14-15,18,20,22,25H,9H2,1-7H3/t14-,15+,18+,20-,22+,24+/m0/s1. The van der Waals surface area contributed by atoms with E-state index >= 15 is 0 Å². The number of rotatable bonds is 4. The van der Waals surface area contributed by atoms with E-state index < -0.39 is 35.6 Å². The predicted octanol–water partition coefficient (Wildman–Crippen LogP) is 3.93. The Labute approximate surface area is 182 Å². The van der Waals surface area contributed by atoms with Gasteiger partial charge in [0.05, 0.1) is 24.2 Å². The highest BCUT2D eigenvalue weighted by Gasteiger charge is 2.64. The molecule has 2 aliphatic rings. The number of aliphatic hydroxyl groups is 1. The maximum Gasteiger partial charge on any atom is 0.331 e. The number of ketones is 1. The van der Waals surface area contributed by atoms with E-state index in [0.29, 0.717) is 12.0 Å². The van der Waals surface area contributed by atoms with Crippen LogP contribution in [0.5, 0.6) is 0 Å². The maximum absolute atomic E-state index is 13.6. The van der Waals surface area contributed by atoms with E-state index in [1.165, 1.54) is 12.3 Å². The summed E-state index contributed by atoms with van der Waals surface area (Å²) in [6.07, 6.45) is 0.251. The summed E-state index contributed by atoms with van der Waals surface area (Å²) in [5, 5.41) is 10.8. The lowest BCUT2D eigenvalue weighted by atomic mass is 9.52. The van der Waals surface area contributed by atoms with Gasteiger partial charge in [0.25, 0.3) is 0 Å². The first-order valence-corrected chi connectivity index (χ1v) is 10.8. The fraction of sp³-hybridized carbons (Fsp3) is 0.625. The Morgan fingerprint density at radius 3 is 2.52 bits per heavy atom. The van der Waals surface area contributed by atoms with Crippen LogP contribution in [-0.4, -0.2) is 35.0 Å². The molecule has 3 rings (SSSR count). The van der Waals surface area contributed by atoms with Gasteiger partial charge in [0, 0.05) is 17.1 Å². The molecule has 0 unspecified atom stereocenters. The van der Waals surface area contributed by atoms with Crippen molar-refractivity contribution in [2.75, 3.05) is 0 Å². The zero-order valence-corrected chi connectivity index (χ0v) is 19.2. The average molecular weight is 433 g/mol. The van der Waals surface area contributed by atoms with Gasteiger partial charge >= 0.3 is 11.9 Å². The molecule has 7 heteroatoms. The van der Waals surface area contributed by atoms with Gasteiger partial charge in [-0.1, -0.05) is 33.3 Å². The number of esters is 2. The van der Waals surface area contributed by atoms with E-state index in [-0.39, 0.29) is 29.3 Å². The number of allylic oxidation sites excluding steroid dienone is 1. The summed E-state index contributed by atoms with van der Waals surface area (Å²) in [7, 11) is 0. The monoisotopic (exact) mass is 432 g/mol. The molecule has 170 valence electrons. The van der Waals surface area contributed by atoms with Crippen molar-refractivity contribution in [3.05, 3.63) is 34.8 Å². The van der Waals surface area contributed by atoms with Crippen LogP contribution in [0.3, 0.4) is 0 Å². The third-order valence-corrected chi connectivity index (χ3v) is 6.76. The number of aliphatic hydroxyl groups excluding tert-OH is 1. The lowest BCUT2D eigenvalue weighted by Gasteiger charge is -2.55. The van der Waals surface area contributed by atoms with E-state index in [1.807, 2.05) is 20.8 Å². The SMILES string of the molecule is CC(C)=CC(=O)O[C@H]1[C@H](O)C[C@H](C)[C@@]2(C)[C@H](OC(=O)C(C)C)c3c(C)coc3C(=O)[C@H]12. The third-order valence-electron chi connectivity index (χ3n) is 6.76. The van der Waals surface area contributed by atoms with Crippen molar-refractivity contribution in [1.82, 2.24) is 0 Å². The molecule has 0 saturated heterocycles. The molecule has 0 amide bonds. The minimum Gasteiger partial charge on any atom is -0.460 e. The Morgan fingerprint density at radius 1 is 1.29 bits per heavy atom. The minimum atomic E-state index is -1.07. The highest BCUT2D eigenvalue weighted by Crippen LogP contribution is 2.60. The van der Waals surface area contributed by atoms with Gasteiger partial charge in [0.2, 0.25) is 5.78 Å². The number of Topliss-reactive ketones (excluding diaryl/α,β-unsaturated/α-hetero) is 1. The van der Waals surface area contributed by atoms with Gasteiger partial charge in [0.1, 0.15) is 12.2 Å². The molecule has 0 radical (unpaired) electrons. The lowest BCUT2D eigenvalue weighted by Crippen LogP contribution is -2.61. The van der Waals surface area contributed by atoms with Crippen LogP contribution in [0.1, 0.15) is 75.7 Å². The van der Waals surface area contributed by atoms with Gasteiger partial charge in [-0.3, -0.25) is 9.59 Å². The summed E-state index contributed by atoms with van der Waals surface area (Å²) >= 11 is 0. The molecule has 2 aliphatic carbocycles. The van der Waals surface area contributed by atoms with Crippen molar-refractivity contribution in [3.8, 4) is 0 Å². The van der Waals surface area contributed by atoms with Crippen LogP contribution in [0.25, 0.3) is 0 Å². The second kappa shape index (κ2) is 8.26. The Morgan fingerprint density at radius 2 is 1.94 bits per heavy atom. The summed E-state index contributed by atoms with van der Waals surface area (Å²) in [4.78, 5) is 38.6. The molecule has 1 fully saturated rings. The molecule has 0 bridgehead atoms. The van der Waals surface area contributed by atoms with Crippen LogP contribution in [0, 0.1) is 30.1 Å². The summed E-state index contributed by atoms with van der Waals surface area (Å²) in [6.45, 7) is 12.6. The molecular formula is C24H32O7. The second-order valence-electron chi connectivity index (χ2n) is 9.67. The molecule has 1 aromatic rings. The van der Waals surface area contributed by atoms with Gasteiger partial charge in [0.15, 0.2) is 5.76 Å². The van der Waals surface area contributed by atoms with Crippen molar-refractivity contribution < 1.29 is 33.4 Å². The van der Waals surface area contributed by atoms with Crippen LogP contribution >= 0.6 is 0 Å². The molecular weight excluding hydrogens is 400 g/mol. The normalized spacial score (nSPS) is 32.2. The fourth-order valence-electron chi connectivity index (χ4n) is 4.90. The Bertz CT molecular complexity index is 920. The third kappa shape index (κ3) is 3.84. The first-order valence-electron chi connectivity index (χ1n) is 10.8. The predicted molar refractivity (Wildman–Crippen MR) is 112 cm³/mol. The number of fused-ring (bicyclic) bond motifs is 2. The molecule has 0 aliphatic heterocycles. The average Bonchev–Trinajstić information content (AvgIpc) is 3.03. The topological polar surface area (TPSA) is 103 Å².